The van der Waals surface area contributed by atoms with Crippen LogP contribution < -0.4 is 21.7 Å². The van der Waals surface area contributed by atoms with Crippen molar-refractivity contribution in [2.45, 2.75) is 26.4 Å². The van der Waals surface area contributed by atoms with Crippen LogP contribution in [0.3, 0.4) is 0 Å². The molecule has 5 N–H and O–H groups in total. The third-order valence-electron chi connectivity index (χ3n) is 3.25. The zero-order chi connectivity index (χ0) is 18.3. The fourth-order valence-electron chi connectivity index (χ4n) is 2.00. The number of rotatable bonds is 8. The first-order valence-electron chi connectivity index (χ1n) is 7.25. The zero-order valence-corrected chi connectivity index (χ0v) is 13.4. The Balaban J connectivity index is 2.64. The number of benzene rings is 1. The first-order valence-corrected chi connectivity index (χ1v) is 7.25. The van der Waals surface area contributed by atoms with Crippen molar-refractivity contribution < 1.29 is 23.2 Å². The van der Waals surface area contributed by atoms with Gasteiger partial charge in [-0.1, -0.05) is 13.8 Å². The molecule has 0 aliphatic carbocycles. The molecule has 0 saturated carbocycles. The van der Waals surface area contributed by atoms with Gasteiger partial charge in [0.1, 0.15) is 17.7 Å². The van der Waals surface area contributed by atoms with Crippen LogP contribution in [0.4, 0.5) is 14.5 Å². The number of nitrogens with one attached hydrogen (secondary N) is 3. The van der Waals surface area contributed by atoms with Crippen LogP contribution in [-0.4, -0.2) is 30.8 Å². The number of anilines is 1. The lowest BCUT2D eigenvalue weighted by Gasteiger charge is -2.19. The third kappa shape index (κ3) is 5.27. The molecule has 0 aromatic heterocycles. The second kappa shape index (κ2) is 8.92. The van der Waals surface area contributed by atoms with Gasteiger partial charge in [-0.05, 0) is 18.1 Å². The lowest BCUT2D eigenvalue weighted by molar-refractivity contribution is -0.128. The molecule has 0 fully saturated rings. The highest BCUT2D eigenvalue weighted by atomic mass is 19.1. The predicted molar refractivity (Wildman–Crippen MR) is 83.7 cm³/mol. The van der Waals surface area contributed by atoms with Gasteiger partial charge < -0.3 is 21.7 Å². The van der Waals surface area contributed by atoms with Gasteiger partial charge in [0.25, 0.3) is 0 Å². The summed E-state index contributed by atoms with van der Waals surface area (Å²) in [6, 6.07) is 1.10. The average molecular weight is 342 g/mol. The van der Waals surface area contributed by atoms with E-state index < -0.39 is 36.0 Å². The molecule has 0 radical (unpaired) electrons. The van der Waals surface area contributed by atoms with Crippen molar-refractivity contribution >= 4 is 23.9 Å². The maximum absolute atomic E-state index is 13.6. The van der Waals surface area contributed by atoms with Crippen LogP contribution >= 0.6 is 0 Å². The molecule has 1 aromatic carbocycles. The van der Waals surface area contributed by atoms with E-state index in [-0.39, 0.29) is 23.7 Å². The zero-order valence-electron chi connectivity index (χ0n) is 13.4. The minimum atomic E-state index is -0.869. The van der Waals surface area contributed by atoms with Gasteiger partial charge >= 0.3 is 0 Å². The molecule has 0 bridgehead atoms. The summed E-state index contributed by atoms with van der Waals surface area (Å²) >= 11 is 0. The molecule has 0 aliphatic rings. The standard InChI is InChI=1S/C15H20F2N4O3/c1-8(2)14(20-7-22)15(24)19-6-13(23)21-9-3-11(16)10(5-18)12(17)4-9/h3-4,7-8,14H,5-6,18H2,1-2H3,(H,19,24)(H,20,22)(H,21,23). The Morgan fingerprint density at radius 2 is 1.83 bits per heavy atom. The Morgan fingerprint density at radius 1 is 1.25 bits per heavy atom. The summed E-state index contributed by atoms with van der Waals surface area (Å²) < 4.78 is 27.1. The third-order valence-corrected chi connectivity index (χ3v) is 3.25. The number of halogens is 2. The normalized spacial score (nSPS) is 11.8. The maximum atomic E-state index is 13.6. The molecule has 1 unspecified atom stereocenters. The van der Waals surface area contributed by atoms with E-state index in [0.29, 0.717) is 6.41 Å². The summed E-state index contributed by atoms with van der Waals surface area (Å²) in [5.74, 6) is -3.12. The van der Waals surface area contributed by atoms with Gasteiger partial charge in [0.15, 0.2) is 0 Å². The van der Waals surface area contributed by atoms with Crippen molar-refractivity contribution in [1.29, 1.82) is 0 Å². The number of hydrogen-bond donors (Lipinski definition) is 4. The summed E-state index contributed by atoms with van der Waals surface area (Å²) in [4.78, 5) is 34.1. The van der Waals surface area contributed by atoms with Crippen molar-refractivity contribution in [3.63, 3.8) is 0 Å². The molecule has 1 rings (SSSR count). The van der Waals surface area contributed by atoms with Crippen LogP contribution in [0.25, 0.3) is 0 Å². The molecule has 24 heavy (non-hydrogen) atoms. The van der Waals surface area contributed by atoms with Gasteiger partial charge in [-0.2, -0.15) is 0 Å². The topological polar surface area (TPSA) is 113 Å². The van der Waals surface area contributed by atoms with Crippen LogP contribution in [0, 0.1) is 17.6 Å². The first kappa shape index (κ1) is 19.5. The summed E-state index contributed by atoms with van der Waals surface area (Å²) in [6.45, 7) is 2.74. The quantitative estimate of drug-likeness (QED) is 0.507. The number of amides is 3. The molecule has 132 valence electrons. The average Bonchev–Trinajstić information content (AvgIpc) is 2.49. The molecule has 0 aliphatic heterocycles. The van der Waals surface area contributed by atoms with Crippen LogP contribution in [0.1, 0.15) is 19.4 Å². The Bertz CT molecular complexity index is 600. The Labute approximate surface area is 138 Å². The molecule has 9 heteroatoms. The van der Waals surface area contributed by atoms with Gasteiger partial charge in [0.2, 0.25) is 18.2 Å². The van der Waals surface area contributed by atoms with Gasteiger partial charge in [-0.15, -0.1) is 0 Å². The Hall–Kier alpha value is -2.55. The van der Waals surface area contributed by atoms with E-state index in [4.69, 9.17) is 5.73 Å². The lowest BCUT2D eigenvalue weighted by Crippen LogP contribution is -2.48. The number of carbonyl (C=O) groups is 3. The highest BCUT2D eigenvalue weighted by Gasteiger charge is 2.21. The minimum Gasteiger partial charge on any atom is -0.347 e. The lowest BCUT2D eigenvalue weighted by atomic mass is 10.0. The first-order chi connectivity index (χ1) is 11.3. The summed E-state index contributed by atoms with van der Waals surface area (Å²) in [5, 5.41) is 6.95. The number of carbonyl (C=O) groups excluding carboxylic acids is 3. The van der Waals surface area contributed by atoms with Crippen LogP contribution in [0.2, 0.25) is 0 Å². The summed E-state index contributed by atoms with van der Waals surface area (Å²) in [5.41, 5.74) is 4.85. The second-order valence-electron chi connectivity index (χ2n) is 5.39. The van der Waals surface area contributed by atoms with Crippen LogP contribution in [-0.2, 0) is 20.9 Å². The molecular weight excluding hydrogens is 322 g/mol. The maximum Gasteiger partial charge on any atom is 0.243 e. The van der Waals surface area contributed by atoms with Gasteiger partial charge in [-0.3, -0.25) is 14.4 Å². The van der Waals surface area contributed by atoms with Gasteiger partial charge in [0, 0.05) is 17.8 Å². The highest BCUT2D eigenvalue weighted by Crippen LogP contribution is 2.18. The van der Waals surface area contributed by atoms with E-state index in [0.717, 1.165) is 12.1 Å². The molecule has 0 heterocycles. The van der Waals surface area contributed by atoms with E-state index in [1.807, 2.05) is 0 Å². The van der Waals surface area contributed by atoms with E-state index in [9.17, 15) is 23.2 Å². The van der Waals surface area contributed by atoms with Crippen molar-refractivity contribution in [2.75, 3.05) is 11.9 Å². The smallest absolute Gasteiger partial charge is 0.243 e. The van der Waals surface area contributed by atoms with Crippen molar-refractivity contribution in [2.24, 2.45) is 11.7 Å². The summed E-state index contributed by atoms with van der Waals surface area (Å²) in [6.07, 6.45) is 0.398. The van der Waals surface area contributed by atoms with Crippen molar-refractivity contribution in [1.82, 2.24) is 10.6 Å². The fraction of sp³-hybridized carbons (Fsp3) is 0.400. The van der Waals surface area contributed by atoms with Crippen molar-refractivity contribution in [3.05, 3.63) is 29.3 Å². The van der Waals surface area contributed by atoms with Crippen molar-refractivity contribution in [3.8, 4) is 0 Å². The van der Waals surface area contributed by atoms with E-state index >= 15 is 0 Å². The van der Waals surface area contributed by atoms with Gasteiger partial charge in [-0.25, -0.2) is 8.78 Å². The van der Waals surface area contributed by atoms with E-state index in [1.54, 1.807) is 13.8 Å². The molecular formula is C15H20F2N4O3. The SMILES string of the molecule is CC(C)C(NC=O)C(=O)NCC(=O)Nc1cc(F)c(CN)c(F)c1. The molecule has 0 spiro atoms. The minimum absolute atomic E-state index is 0.0899. The molecule has 0 saturated heterocycles. The Kier molecular flexibility index (Phi) is 7.25. The van der Waals surface area contributed by atoms with Crippen LogP contribution in [0.15, 0.2) is 12.1 Å². The summed E-state index contributed by atoms with van der Waals surface area (Å²) in [7, 11) is 0. The fourth-order valence-corrected chi connectivity index (χ4v) is 2.00. The second-order valence-corrected chi connectivity index (χ2v) is 5.39. The van der Waals surface area contributed by atoms with Gasteiger partial charge in [0.05, 0.1) is 6.54 Å². The molecule has 7 nitrogen and oxygen atoms in total. The molecule has 1 aromatic rings. The monoisotopic (exact) mass is 342 g/mol. The highest BCUT2D eigenvalue weighted by molar-refractivity contribution is 5.95. The number of hydrogen-bond acceptors (Lipinski definition) is 4. The largest absolute Gasteiger partial charge is 0.347 e. The molecule has 3 amide bonds. The molecule has 1 atom stereocenters. The predicted octanol–water partition coefficient (Wildman–Crippen LogP) is 0.249. The van der Waals surface area contributed by atoms with E-state index in [1.165, 1.54) is 0 Å². The van der Waals surface area contributed by atoms with Crippen LogP contribution in [0.5, 0.6) is 0 Å². The van der Waals surface area contributed by atoms with E-state index in [2.05, 4.69) is 16.0 Å². The number of nitrogens with two attached hydrogens (primary N) is 1. The Morgan fingerprint density at radius 3 is 2.29 bits per heavy atom.